The zero-order valence-electron chi connectivity index (χ0n) is 9.69. The van der Waals surface area contributed by atoms with E-state index in [2.05, 4.69) is 17.2 Å². The second kappa shape index (κ2) is 6.60. The van der Waals surface area contributed by atoms with Crippen LogP contribution in [0.25, 0.3) is 0 Å². The van der Waals surface area contributed by atoms with Crippen LogP contribution in [0.5, 0.6) is 0 Å². The van der Waals surface area contributed by atoms with E-state index in [9.17, 15) is 4.79 Å². The highest BCUT2D eigenvalue weighted by atomic mass is 32.1. The van der Waals surface area contributed by atoms with E-state index in [1.807, 2.05) is 6.92 Å². The second-order valence-electron chi connectivity index (χ2n) is 3.76. The SMILES string of the molecule is CCCc1ncc(C(=O)NC(C)CCO)s1. The fourth-order valence-corrected chi connectivity index (χ4v) is 2.23. The van der Waals surface area contributed by atoms with E-state index >= 15 is 0 Å². The summed E-state index contributed by atoms with van der Waals surface area (Å²) in [4.78, 5) is 16.6. The van der Waals surface area contributed by atoms with Gasteiger partial charge in [-0.05, 0) is 26.2 Å². The molecule has 90 valence electrons. The third-order valence-corrected chi connectivity index (χ3v) is 3.24. The van der Waals surface area contributed by atoms with Crippen molar-refractivity contribution in [2.24, 2.45) is 0 Å². The first-order chi connectivity index (χ1) is 7.67. The molecule has 1 aromatic rings. The van der Waals surface area contributed by atoms with Gasteiger partial charge < -0.3 is 10.4 Å². The number of aryl methyl sites for hydroxylation is 1. The molecule has 4 nitrogen and oxygen atoms in total. The van der Waals surface area contributed by atoms with Crippen LogP contribution in [0.15, 0.2) is 6.20 Å². The molecule has 1 atom stereocenters. The highest BCUT2D eigenvalue weighted by Crippen LogP contribution is 2.14. The topological polar surface area (TPSA) is 62.2 Å². The molecule has 0 aliphatic carbocycles. The number of carbonyl (C=O) groups is 1. The minimum atomic E-state index is -0.0965. The van der Waals surface area contributed by atoms with E-state index in [-0.39, 0.29) is 18.6 Å². The summed E-state index contributed by atoms with van der Waals surface area (Å²) >= 11 is 1.44. The molecule has 0 saturated carbocycles. The molecule has 1 rings (SSSR count). The molecule has 0 bridgehead atoms. The van der Waals surface area contributed by atoms with Gasteiger partial charge in [0, 0.05) is 12.6 Å². The normalized spacial score (nSPS) is 12.4. The molecule has 0 spiro atoms. The maximum Gasteiger partial charge on any atom is 0.263 e. The quantitative estimate of drug-likeness (QED) is 0.796. The number of carbonyl (C=O) groups excluding carboxylic acids is 1. The maximum atomic E-state index is 11.7. The number of hydrogen-bond donors (Lipinski definition) is 2. The molecule has 0 aromatic carbocycles. The molecule has 1 aromatic heterocycles. The molecule has 0 aliphatic rings. The van der Waals surface area contributed by atoms with Gasteiger partial charge in [0.15, 0.2) is 0 Å². The average molecular weight is 242 g/mol. The molecule has 2 N–H and O–H groups in total. The summed E-state index contributed by atoms with van der Waals surface area (Å²) in [7, 11) is 0. The van der Waals surface area contributed by atoms with E-state index < -0.39 is 0 Å². The van der Waals surface area contributed by atoms with E-state index in [4.69, 9.17) is 5.11 Å². The zero-order valence-corrected chi connectivity index (χ0v) is 10.5. The molecular weight excluding hydrogens is 224 g/mol. The highest BCUT2D eigenvalue weighted by Gasteiger charge is 2.12. The van der Waals surface area contributed by atoms with Crippen LogP contribution >= 0.6 is 11.3 Å². The van der Waals surface area contributed by atoms with Crippen molar-refractivity contribution < 1.29 is 9.90 Å². The summed E-state index contributed by atoms with van der Waals surface area (Å²) in [5.41, 5.74) is 0. The molecule has 0 saturated heterocycles. The van der Waals surface area contributed by atoms with Gasteiger partial charge in [-0.2, -0.15) is 0 Å². The molecular formula is C11H18N2O2S. The van der Waals surface area contributed by atoms with Crippen molar-refractivity contribution in [3.05, 3.63) is 16.1 Å². The number of aromatic nitrogens is 1. The fraction of sp³-hybridized carbons (Fsp3) is 0.636. The number of nitrogens with zero attached hydrogens (tertiary/aromatic N) is 1. The van der Waals surface area contributed by atoms with Crippen molar-refractivity contribution in [1.29, 1.82) is 0 Å². The molecule has 5 heteroatoms. The van der Waals surface area contributed by atoms with Gasteiger partial charge in [-0.3, -0.25) is 4.79 Å². The van der Waals surface area contributed by atoms with Gasteiger partial charge in [-0.25, -0.2) is 4.98 Å². The van der Waals surface area contributed by atoms with Crippen molar-refractivity contribution in [2.45, 2.75) is 39.2 Å². The standard InChI is InChI=1S/C11H18N2O2S/c1-3-4-10-12-7-9(16-10)11(15)13-8(2)5-6-14/h7-8,14H,3-6H2,1-2H3,(H,13,15). The second-order valence-corrected chi connectivity index (χ2v) is 4.87. The summed E-state index contributed by atoms with van der Waals surface area (Å²) < 4.78 is 0. The Hall–Kier alpha value is -0.940. The molecule has 1 unspecified atom stereocenters. The Bertz CT molecular complexity index is 338. The van der Waals surface area contributed by atoms with Gasteiger partial charge >= 0.3 is 0 Å². The van der Waals surface area contributed by atoms with Crippen LogP contribution in [-0.2, 0) is 6.42 Å². The van der Waals surface area contributed by atoms with Crippen LogP contribution in [0.3, 0.4) is 0 Å². The Morgan fingerprint density at radius 1 is 1.69 bits per heavy atom. The first-order valence-electron chi connectivity index (χ1n) is 5.53. The Morgan fingerprint density at radius 3 is 3.06 bits per heavy atom. The predicted octanol–water partition coefficient (Wildman–Crippen LogP) is 1.60. The van der Waals surface area contributed by atoms with Crippen LogP contribution in [0.2, 0.25) is 0 Å². The predicted molar refractivity (Wildman–Crippen MR) is 64.7 cm³/mol. The summed E-state index contributed by atoms with van der Waals surface area (Å²) in [5.74, 6) is -0.0965. The number of amides is 1. The van der Waals surface area contributed by atoms with Crippen molar-refractivity contribution in [1.82, 2.24) is 10.3 Å². The van der Waals surface area contributed by atoms with Gasteiger partial charge in [0.2, 0.25) is 0 Å². The van der Waals surface area contributed by atoms with Crippen molar-refractivity contribution >= 4 is 17.2 Å². The monoisotopic (exact) mass is 242 g/mol. The van der Waals surface area contributed by atoms with Crippen LogP contribution in [-0.4, -0.2) is 28.6 Å². The molecule has 16 heavy (non-hydrogen) atoms. The van der Waals surface area contributed by atoms with E-state index in [0.717, 1.165) is 17.8 Å². The first kappa shape index (κ1) is 13.1. The minimum Gasteiger partial charge on any atom is -0.396 e. The Labute approximate surface area is 99.7 Å². The van der Waals surface area contributed by atoms with Crippen LogP contribution in [0.1, 0.15) is 41.4 Å². The smallest absolute Gasteiger partial charge is 0.263 e. The van der Waals surface area contributed by atoms with E-state index in [1.54, 1.807) is 6.20 Å². The zero-order chi connectivity index (χ0) is 12.0. The number of aliphatic hydroxyl groups excluding tert-OH is 1. The third kappa shape index (κ3) is 3.90. The number of nitrogens with one attached hydrogen (secondary N) is 1. The number of rotatable bonds is 6. The van der Waals surface area contributed by atoms with Gasteiger partial charge in [0.05, 0.1) is 11.2 Å². The van der Waals surface area contributed by atoms with Crippen LogP contribution in [0, 0.1) is 0 Å². The van der Waals surface area contributed by atoms with Crippen LogP contribution < -0.4 is 5.32 Å². The Balaban J connectivity index is 2.52. The Kier molecular flexibility index (Phi) is 5.42. The summed E-state index contributed by atoms with van der Waals surface area (Å²) in [6.07, 6.45) is 4.16. The van der Waals surface area contributed by atoms with Crippen molar-refractivity contribution in [2.75, 3.05) is 6.61 Å². The molecule has 0 fully saturated rings. The van der Waals surface area contributed by atoms with Crippen LogP contribution in [0.4, 0.5) is 0 Å². The lowest BCUT2D eigenvalue weighted by atomic mass is 10.2. The lowest BCUT2D eigenvalue weighted by Crippen LogP contribution is -2.32. The highest BCUT2D eigenvalue weighted by molar-refractivity contribution is 7.13. The number of hydrogen-bond acceptors (Lipinski definition) is 4. The molecule has 1 heterocycles. The first-order valence-corrected chi connectivity index (χ1v) is 6.35. The molecule has 0 aliphatic heterocycles. The third-order valence-electron chi connectivity index (χ3n) is 2.18. The fourth-order valence-electron chi connectivity index (χ4n) is 1.31. The average Bonchev–Trinajstić information content (AvgIpc) is 2.67. The van der Waals surface area contributed by atoms with Crippen molar-refractivity contribution in [3.8, 4) is 0 Å². The Morgan fingerprint density at radius 2 is 2.44 bits per heavy atom. The summed E-state index contributed by atoms with van der Waals surface area (Å²) in [5, 5.41) is 12.6. The van der Waals surface area contributed by atoms with E-state index in [1.165, 1.54) is 11.3 Å². The van der Waals surface area contributed by atoms with Gasteiger partial charge in [0.25, 0.3) is 5.91 Å². The number of aliphatic hydroxyl groups is 1. The number of thiazole rings is 1. The molecule has 1 amide bonds. The maximum absolute atomic E-state index is 11.7. The lowest BCUT2D eigenvalue weighted by molar-refractivity contribution is 0.0938. The minimum absolute atomic E-state index is 0.00535. The van der Waals surface area contributed by atoms with Crippen molar-refractivity contribution in [3.63, 3.8) is 0 Å². The largest absolute Gasteiger partial charge is 0.396 e. The van der Waals surface area contributed by atoms with Gasteiger partial charge in [-0.15, -0.1) is 11.3 Å². The van der Waals surface area contributed by atoms with E-state index in [0.29, 0.717) is 11.3 Å². The lowest BCUT2D eigenvalue weighted by Gasteiger charge is -2.10. The summed E-state index contributed by atoms with van der Waals surface area (Å²) in [6.45, 7) is 4.05. The van der Waals surface area contributed by atoms with Gasteiger partial charge in [-0.1, -0.05) is 6.92 Å². The molecule has 0 radical (unpaired) electrons. The summed E-state index contributed by atoms with van der Waals surface area (Å²) in [6, 6.07) is -0.00535. The van der Waals surface area contributed by atoms with Gasteiger partial charge in [0.1, 0.15) is 4.88 Å².